The van der Waals surface area contributed by atoms with Gasteiger partial charge < -0.3 is 15.1 Å². The van der Waals surface area contributed by atoms with Crippen molar-refractivity contribution < 1.29 is 4.79 Å². The molecule has 0 spiro atoms. The maximum Gasteiger partial charge on any atom is 0.257 e. The van der Waals surface area contributed by atoms with E-state index < -0.39 is 0 Å². The number of rotatable bonds is 4. The van der Waals surface area contributed by atoms with Crippen LogP contribution in [0.15, 0.2) is 61.2 Å². The van der Waals surface area contributed by atoms with Crippen molar-refractivity contribution in [2.24, 2.45) is 0 Å². The van der Waals surface area contributed by atoms with Gasteiger partial charge in [-0.15, -0.1) is 0 Å². The molecule has 0 unspecified atom stereocenters. The summed E-state index contributed by atoms with van der Waals surface area (Å²) in [4.78, 5) is 26.2. The lowest BCUT2D eigenvalue weighted by molar-refractivity contribution is 0.102. The molecule has 8 heteroatoms. The molecule has 1 aliphatic heterocycles. The minimum absolute atomic E-state index is 0.199. The molecule has 4 heterocycles. The van der Waals surface area contributed by atoms with Gasteiger partial charge in [0.15, 0.2) is 0 Å². The standard InChI is InChI=1S/C23H23N7O/c1-29-6-8-30(9-7-29)22-12-17(4-5-24-22)23(31)28-21-11-19-10-16(20-14-26-27-15-20)2-3-18(19)13-25-21/h2-5,10-15H,6-9H2,1H3,(H,26,27)(H,25,28,31). The van der Waals surface area contributed by atoms with Crippen LogP contribution in [0.1, 0.15) is 10.4 Å². The second-order valence-electron chi connectivity index (χ2n) is 7.77. The number of fused-ring (bicyclic) bond motifs is 1. The quantitative estimate of drug-likeness (QED) is 0.535. The summed E-state index contributed by atoms with van der Waals surface area (Å²) in [6.07, 6.45) is 7.10. The first-order valence-corrected chi connectivity index (χ1v) is 10.3. The minimum Gasteiger partial charge on any atom is -0.354 e. The predicted octanol–water partition coefficient (Wildman–Crippen LogP) is 3.02. The first kappa shape index (κ1) is 19.2. The van der Waals surface area contributed by atoms with E-state index in [-0.39, 0.29) is 5.91 Å². The Balaban J connectivity index is 1.35. The molecular weight excluding hydrogens is 390 g/mol. The van der Waals surface area contributed by atoms with Crippen molar-refractivity contribution in [3.8, 4) is 11.1 Å². The number of piperazine rings is 1. The molecule has 0 atom stereocenters. The molecule has 156 valence electrons. The Labute approximate surface area is 179 Å². The molecule has 1 fully saturated rings. The van der Waals surface area contributed by atoms with Crippen LogP contribution in [-0.2, 0) is 0 Å². The SMILES string of the molecule is CN1CCN(c2cc(C(=O)Nc3cc4cc(-c5cn[nH]c5)ccc4cn3)ccn2)CC1. The third-order valence-electron chi connectivity index (χ3n) is 5.63. The molecule has 1 aliphatic rings. The highest BCUT2D eigenvalue weighted by atomic mass is 16.1. The Bertz CT molecular complexity index is 1210. The number of aromatic amines is 1. The Kier molecular flexibility index (Phi) is 5.05. The second-order valence-corrected chi connectivity index (χ2v) is 7.77. The molecule has 5 rings (SSSR count). The van der Waals surface area contributed by atoms with Crippen LogP contribution in [0, 0.1) is 0 Å². The van der Waals surface area contributed by atoms with E-state index in [4.69, 9.17) is 0 Å². The van der Waals surface area contributed by atoms with E-state index >= 15 is 0 Å². The van der Waals surface area contributed by atoms with Crippen LogP contribution >= 0.6 is 0 Å². The van der Waals surface area contributed by atoms with Crippen molar-refractivity contribution in [3.63, 3.8) is 0 Å². The number of hydrogen-bond acceptors (Lipinski definition) is 6. The van der Waals surface area contributed by atoms with E-state index in [1.807, 2.05) is 30.5 Å². The molecule has 0 aliphatic carbocycles. The molecule has 1 amide bonds. The smallest absolute Gasteiger partial charge is 0.257 e. The molecular formula is C23H23N7O. The molecule has 4 aromatic rings. The fourth-order valence-corrected chi connectivity index (χ4v) is 3.75. The van der Waals surface area contributed by atoms with Gasteiger partial charge in [-0.3, -0.25) is 9.89 Å². The lowest BCUT2D eigenvalue weighted by Gasteiger charge is -2.33. The Hall–Kier alpha value is -3.78. The van der Waals surface area contributed by atoms with Crippen LogP contribution in [0.3, 0.4) is 0 Å². The van der Waals surface area contributed by atoms with Crippen molar-refractivity contribution >= 4 is 28.3 Å². The van der Waals surface area contributed by atoms with Gasteiger partial charge in [-0.25, -0.2) is 9.97 Å². The van der Waals surface area contributed by atoms with Crippen LogP contribution in [0.25, 0.3) is 21.9 Å². The summed E-state index contributed by atoms with van der Waals surface area (Å²) in [7, 11) is 2.11. The van der Waals surface area contributed by atoms with Crippen LogP contribution in [0.2, 0.25) is 0 Å². The predicted molar refractivity (Wildman–Crippen MR) is 121 cm³/mol. The lowest BCUT2D eigenvalue weighted by Crippen LogP contribution is -2.44. The first-order valence-electron chi connectivity index (χ1n) is 10.3. The highest BCUT2D eigenvalue weighted by molar-refractivity contribution is 6.05. The zero-order chi connectivity index (χ0) is 21.2. The summed E-state index contributed by atoms with van der Waals surface area (Å²) in [6, 6.07) is 11.6. The van der Waals surface area contributed by atoms with Gasteiger partial charge in [0, 0.05) is 61.3 Å². The number of carbonyl (C=O) groups excluding carboxylic acids is 1. The van der Waals surface area contributed by atoms with Gasteiger partial charge in [-0.05, 0) is 42.3 Å². The Morgan fingerprint density at radius 1 is 0.968 bits per heavy atom. The molecule has 2 N–H and O–H groups in total. The molecule has 3 aromatic heterocycles. The van der Waals surface area contributed by atoms with E-state index in [9.17, 15) is 4.79 Å². The van der Waals surface area contributed by atoms with E-state index in [1.54, 1.807) is 24.7 Å². The summed E-state index contributed by atoms with van der Waals surface area (Å²) in [5.74, 6) is 1.15. The zero-order valence-corrected chi connectivity index (χ0v) is 17.2. The molecule has 0 bridgehead atoms. The van der Waals surface area contributed by atoms with Crippen LogP contribution in [-0.4, -0.2) is 64.2 Å². The number of nitrogens with zero attached hydrogens (tertiary/aromatic N) is 5. The summed E-state index contributed by atoms with van der Waals surface area (Å²) in [6.45, 7) is 3.78. The summed E-state index contributed by atoms with van der Waals surface area (Å²) in [5.41, 5.74) is 2.63. The minimum atomic E-state index is -0.199. The highest BCUT2D eigenvalue weighted by Crippen LogP contribution is 2.25. The van der Waals surface area contributed by atoms with E-state index in [1.165, 1.54) is 0 Å². The van der Waals surface area contributed by atoms with Gasteiger partial charge in [-0.2, -0.15) is 5.10 Å². The van der Waals surface area contributed by atoms with Crippen LogP contribution in [0.4, 0.5) is 11.6 Å². The second kappa shape index (κ2) is 8.16. The molecule has 8 nitrogen and oxygen atoms in total. The summed E-state index contributed by atoms with van der Waals surface area (Å²) < 4.78 is 0. The molecule has 31 heavy (non-hydrogen) atoms. The van der Waals surface area contributed by atoms with E-state index in [0.29, 0.717) is 11.4 Å². The number of likely N-dealkylation sites (N-methyl/N-ethyl adjacent to an activating group) is 1. The van der Waals surface area contributed by atoms with Crippen LogP contribution in [0.5, 0.6) is 0 Å². The van der Waals surface area contributed by atoms with Crippen LogP contribution < -0.4 is 10.2 Å². The number of nitrogens with one attached hydrogen (secondary N) is 2. The third kappa shape index (κ3) is 4.10. The lowest BCUT2D eigenvalue weighted by atomic mass is 10.1. The van der Waals surface area contributed by atoms with Crippen molar-refractivity contribution in [1.29, 1.82) is 0 Å². The van der Waals surface area contributed by atoms with Gasteiger partial charge in [0.25, 0.3) is 5.91 Å². The number of H-pyrrole nitrogens is 1. The highest BCUT2D eigenvalue weighted by Gasteiger charge is 2.17. The average Bonchev–Trinajstić information content (AvgIpc) is 3.34. The van der Waals surface area contributed by atoms with Gasteiger partial charge in [0.05, 0.1) is 6.20 Å². The number of hydrogen-bond donors (Lipinski definition) is 2. The molecule has 1 aromatic carbocycles. The van der Waals surface area contributed by atoms with Gasteiger partial charge in [-0.1, -0.05) is 12.1 Å². The van der Waals surface area contributed by atoms with Crippen molar-refractivity contribution in [2.75, 3.05) is 43.4 Å². The number of carbonyl (C=O) groups is 1. The number of pyridine rings is 2. The maximum atomic E-state index is 12.9. The van der Waals surface area contributed by atoms with Gasteiger partial charge in [0.1, 0.15) is 11.6 Å². The normalized spacial score (nSPS) is 14.7. The van der Waals surface area contributed by atoms with Crippen molar-refractivity contribution in [3.05, 3.63) is 66.7 Å². The maximum absolute atomic E-state index is 12.9. The first-order chi connectivity index (χ1) is 15.2. The fraction of sp³-hybridized carbons (Fsp3) is 0.217. The Morgan fingerprint density at radius 3 is 2.65 bits per heavy atom. The largest absolute Gasteiger partial charge is 0.354 e. The zero-order valence-electron chi connectivity index (χ0n) is 17.2. The fourth-order valence-electron chi connectivity index (χ4n) is 3.75. The average molecular weight is 413 g/mol. The number of aromatic nitrogens is 4. The topological polar surface area (TPSA) is 90.0 Å². The van der Waals surface area contributed by atoms with Gasteiger partial charge in [0.2, 0.25) is 0 Å². The molecule has 1 saturated heterocycles. The summed E-state index contributed by atoms with van der Waals surface area (Å²) >= 11 is 0. The number of benzene rings is 1. The Morgan fingerprint density at radius 2 is 1.84 bits per heavy atom. The van der Waals surface area contributed by atoms with E-state index in [2.05, 4.69) is 48.4 Å². The van der Waals surface area contributed by atoms with Crippen molar-refractivity contribution in [2.45, 2.75) is 0 Å². The van der Waals surface area contributed by atoms with Crippen molar-refractivity contribution in [1.82, 2.24) is 25.1 Å². The summed E-state index contributed by atoms with van der Waals surface area (Å²) in [5, 5.41) is 11.8. The third-order valence-corrected chi connectivity index (χ3v) is 5.63. The van der Waals surface area contributed by atoms with E-state index in [0.717, 1.165) is 53.9 Å². The van der Waals surface area contributed by atoms with Gasteiger partial charge >= 0.3 is 0 Å². The number of amides is 1. The monoisotopic (exact) mass is 413 g/mol. The molecule has 0 radical (unpaired) electrons. The molecule has 0 saturated carbocycles. The number of anilines is 2.